The second-order valence-corrected chi connectivity index (χ2v) is 5.19. The maximum Gasteiger partial charge on any atom is 0.213 e. The lowest BCUT2D eigenvalue weighted by Gasteiger charge is -2.16. The van der Waals surface area contributed by atoms with Gasteiger partial charge < -0.3 is 18.9 Å². The number of methoxy groups -OCH3 is 1. The monoisotopic (exact) mass is 330 g/mol. The molecule has 0 N–H and O–H groups in total. The first-order valence-corrected chi connectivity index (χ1v) is 7.54. The number of aromatic nitrogens is 2. The Labute approximate surface area is 139 Å². The van der Waals surface area contributed by atoms with E-state index in [0.29, 0.717) is 41.7 Å². The topological polar surface area (TPSA) is 79.8 Å². The second kappa shape index (κ2) is 7.37. The predicted molar refractivity (Wildman–Crippen MR) is 84.0 cm³/mol. The Morgan fingerprint density at radius 3 is 2.83 bits per heavy atom. The number of hydrogen-bond donors (Lipinski definition) is 0. The summed E-state index contributed by atoms with van der Waals surface area (Å²) in [5, 5.41) is 0. The van der Waals surface area contributed by atoms with Gasteiger partial charge in [-0.15, -0.1) is 0 Å². The summed E-state index contributed by atoms with van der Waals surface area (Å²) in [6.07, 6.45) is 2.63. The Balaban J connectivity index is 1.83. The lowest BCUT2D eigenvalue weighted by Crippen LogP contribution is -2.09. The molecule has 1 aliphatic rings. The lowest BCUT2D eigenvalue weighted by molar-refractivity contribution is -0.0461. The van der Waals surface area contributed by atoms with E-state index < -0.39 is 6.29 Å². The van der Waals surface area contributed by atoms with Gasteiger partial charge in [0.1, 0.15) is 18.1 Å². The summed E-state index contributed by atoms with van der Waals surface area (Å²) in [5.74, 6) is 0.855. The van der Waals surface area contributed by atoms with Crippen molar-refractivity contribution in [3.63, 3.8) is 0 Å². The third-order valence-electron chi connectivity index (χ3n) is 3.57. The molecule has 0 aliphatic carbocycles. The van der Waals surface area contributed by atoms with Crippen LogP contribution in [0, 0.1) is 0 Å². The van der Waals surface area contributed by atoms with Gasteiger partial charge in [0, 0.05) is 24.8 Å². The Kier molecular flexibility index (Phi) is 5.02. The van der Waals surface area contributed by atoms with Crippen LogP contribution in [0.4, 0.5) is 0 Å². The average Bonchev–Trinajstić information content (AvgIpc) is 3.14. The molecule has 0 spiro atoms. The van der Waals surface area contributed by atoms with Gasteiger partial charge in [-0.3, -0.25) is 9.78 Å². The van der Waals surface area contributed by atoms with Crippen LogP contribution in [0.3, 0.4) is 0 Å². The van der Waals surface area contributed by atoms with Crippen molar-refractivity contribution in [3.8, 4) is 11.6 Å². The number of rotatable bonds is 6. The van der Waals surface area contributed by atoms with Crippen molar-refractivity contribution in [2.75, 3.05) is 20.3 Å². The van der Waals surface area contributed by atoms with Crippen LogP contribution < -0.4 is 9.47 Å². The number of ketones is 1. The van der Waals surface area contributed by atoms with Crippen LogP contribution in [-0.2, 0) is 16.1 Å². The van der Waals surface area contributed by atoms with Gasteiger partial charge >= 0.3 is 0 Å². The number of nitrogens with zero attached hydrogens (tertiary/aromatic N) is 2. The van der Waals surface area contributed by atoms with Gasteiger partial charge in [-0.05, 0) is 6.07 Å². The van der Waals surface area contributed by atoms with Crippen molar-refractivity contribution in [3.05, 3.63) is 47.4 Å². The minimum Gasteiger partial charge on any atom is -0.487 e. The maximum atomic E-state index is 11.7. The molecule has 0 saturated carbocycles. The molecule has 0 radical (unpaired) electrons. The van der Waals surface area contributed by atoms with Gasteiger partial charge in [-0.2, -0.15) is 0 Å². The van der Waals surface area contributed by atoms with Crippen LogP contribution in [0.1, 0.15) is 34.8 Å². The number of ether oxygens (including phenoxy) is 4. The number of hydrogen-bond acceptors (Lipinski definition) is 7. The van der Waals surface area contributed by atoms with Crippen molar-refractivity contribution >= 4 is 5.78 Å². The molecule has 1 saturated heterocycles. The first-order chi connectivity index (χ1) is 11.7. The van der Waals surface area contributed by atoms with Crippen LogP contribution in [0.15, 0.2) is 30.6 Å². The zero-order valence-corrected chi connectivity index (χ0v) is 13.5. The van der Waals surface area contributed by atoms with Gasteiger partial charge in [0.25, 0.3) is 0 Å². The highest BCUT2D eigenvalue weighted by Crippen LogP contribution is 2.33. The van der Waals surface area contributed by atoms with Crippen LogP contribution in [0.2, 0.25) is 0 Å². The van der Waals surface area contributed by atoms with Gasteiger partial charge in [0.05, 0.1) is 32.1 Å². The molecule has 1 fully saturated rings. The van der Waals surface area contributed by atoms with E-state index >= 15 is 0 Å². The standard InChI is InChI=1S/C17H18N2O5/c1-11(20)16-12(4-3-5-18-16)10-24-14-9-19-15(21-2)8-13(14)17-22-6-7-23-17/h3-5,8-9,17H,6-7,10H2,1-2H3. The molecule has 2 aromatic heterocycles. The van der Waals surface area contributed by atoms with Crippen LogP contribution in [-0.4, -0.2) is 36.1 Å². The van der Waals surface area contributed by atoms with E-state index in [1.54, 1.807) is 24.5 Å². The van der Waals surface area contributed by atoms with E-state index in [2.05, 4.69) is 9.97 Å². The Hall–Kier alpha value is -2.51. The quantitative estimate of drug-likeness (QED) is 0.752. The molecule has 3 heterocycles. The van der Waals surface area contributed by atoms with Gasteiger partial charge in [0.15, 0.2) is 12.1 Å². The van der Waals surface area contributed by atoms with E-state index in [1.165, 1.54) is 14.0 Å². The fraction of sp³-hybridized carbons (Fsp3) is 0.353. The Bertz CT molecular complexity index is 729. The predicted octanol–water partition coefficient (Wildman–Crippen LogP) is 2.31. The number of carbonyl (C=O) groups is 1. The van der Waals surface area contributed by atoms with Gasteiger partial charge in [0.2, 0.25) is 5.88 Å². The zero-order valence-electron chi connectivity index (χ0n) is 13.5. The lowest BCUT2D eigenvalue weighted by atomic mass is 10.1. The summed E-state index contributed by atoms with van der Waals surface area (Å²) >= 11 is 0. The molecule has 0 unspecified atom stereocenters. The molecule has 2 aromatic rings. The highest BCUT2D eigenvalue weighted by molar-refractivity contribution is 5.93. The van der Waals surface area contributed by atoms with Crippen LogP contribution in [0.5, 0.6) is 11.6 Å². The van der Waals surface area contributed by atoms with Crippen molar-refractivity contribution in [1.82, 2.24) is 9.97 Å². The molecular formula is C17H18N2O5. The molecule has 0 amide bonds. The van der Waals surface area contributed by atoms with Crippen molar-refractivity contribution in [1.29, 1.82) is 0 Å². The molecule has 126 valence electrons. The van der Waals surface area contributed by atoms with E-state index in [4.69, 9.17) is 18.9 Å². The largest absolute Gasteiger partial charge is 0.487 e. The summed E-state index contributed by atoms with van der Waals surface area (Å²) in [7, 11) is 1.54. The van der Waals surface area contributed by atoms with E-state index in [1.807, 2.05) is 6.07 Å². The highest BCUT2D eigenvalue weighted by Gasteiger charge is 2.24. The molecule has 7 heteroatoms. The van der Waals surface area contributed by atoms with Crippen molar-refractivity contribution in [2.45, 2.75) is 19.8 Å². The third-order valence-corrected chi connectivity index (χ3v) is 3.57. The summed E-state index contributed by atoms with van der Waals surface area (Å²) in [6, 6.07) is 5.30. The van der Waals surface area contributed by atoms with E-state index in [0.717, 1.165) is 0 Å². The molecule has 3 rings (SSSR count). The van der Waals surface area contributed by atoms with Crippen molar-refractivity contribution in [2.24, 2.45) is 0 Å². The second-order valence-electron chi connectivity index (χ2n) is 5.19. The highest BCUT2D eigenvalue weighted by atomic mass is 16.7. The van der Waals surface area contributed by atoms with Crippen LogP contribution >= 0.6 is 0 Å². The summed E-state index contributed by atoms with van der Waals surface area (Å²) in [5.41, 5.74) is 1.81. The number of carbonyl (C=O) groups excluding carboxylic acids is 1. The fourth-order valence-electron chi connectivity index (χ4n) is 2.42. The first-order valence-electron chi connectivity index (χ1n) is 7.54. The molecule has 0 aromatic carbocycles. The molecular weight excluding hydrogens is 312 g/mol. The summed E-state index contributed by atoms with van der Waals surface area (Å²) < 4.78 is 22.1. The third kappa shape index (κ3) is 3.52. The van der Waals surface area contributed by atoms with Gasteiger partial charge in [-0.25, -0.2) is 4.98 Å². The maximum absolute atomic E-state index is 11.7. The minimum atomic E-state index is -0.516. The Morgan fingerprint density at radius 1 is 1.33 bits per heavy atom. The SMILES string of the molecule is COc1cc(C2OCCO2)c(OCc2cccnc2C(C)=O)cn1. The molecule has 0 bridgehead atoms. The van der Waals surface area contributed by atoms with E-state index in [9.17, 15) is 4.79 Å². The smallest absolute Gasteiger partial charge is 0.213 e. The molecule has 1 aliphatic heterocycles. The van der Waals surface area contributed by atoms with Crippen molar-refractivity contribution < 1.29 is 23.7 Å². The van der Waals surface area contributed by atoms with Crippen LogP contribution in [0.25, 0.3) is 0 Å². The average molecular weight is 330 g/mol. The molecule has 24 heavy (non-hydrogen) atoms. The molecule has 0 atom stereocenters. The van der Waals surface area contributed by atoms with E-state index in [-0.39, 0.29) is 12.4 Å². The zero-order chi connectivity index (χ0) is 16.9. The van der Waals surface area contributed by atoms with Gasteiger partial charge in [-0.1, -0.05) is 6.07 Å². The number of pyridine rings is 2. The molecule has 7 nitrogen and oxygen atoms in total. The minimum absolute atomic E-state index is 0.107. The first kappa shape index (κ1) is 16.4. The summed E-state index contributed by atoms with van der Waals surface area (Å²) in [6.45, 7) is 2.71. The normalized spacial score (nSPS) is 14.6. The Morgan fingerprint density at radius 2 is 2.12 bits per heavy atom. The fourth-order valence-corrected chi connectivity index (χ4v) is 2.42. The summed E-state index contributed by atoms with van der Waals surface area (Å²) in [4.78, 5) is 19.9. The number of Topliss-reactive ketones (excluding diaryl/α,β-unsaturated/α-hetero) is 1.